The number of nitrogens with one attached hydrogen (secondary N) is 3. The van der Waals surface area contributed by atoms with Gasteiger partial charge in [-0.25, -0.2) is 40.7 Å². The number of amides is 4. The predicted octanol–water partition coefficient (Wildman–Crippen LogP) is 5.39. The van der Waals surface area contributed by atoms with Gasteiger partial charge in [0.15, 0.2) is 17.3 Å². The molecule has 3 aliphatic carbocycles. The standard InChI is InChI=1S/C40H48F6N6O8S/c1-5-19-12-20-8-6-7-11-40(45,46)30-34(48-27-16-25(42)24(41)15-26(27)47-30)59-21-14-28(52(18-21)35(54)31(38(2,3)4)49-37(56)60-29(20)13-19)33(53)50-39(17-23(39)32(43)44)36(55)51-61(57,58)22-9-10-22/h5,15-16,19-23,28-29,31-32H,1,6-14,17-18H2,2-4H3,(H,49,56)(H,50,53)(H,51,55)/t19-,20-,21-,23+,28+,29-,31-,39-/m1/s1. The van der Waals surface area contributed by atoms with E-state index in [9.17, 15) is 45.2 Å². The molecule has 0 unspecified atom stereocenters. The molecule has 1 aromatic heterocycles. The summed E-state index contributed by atoms with van der Waals surface area (Å²) < 4.78 is 129. The summed E-state index contributed by atoms with van der Waals surface area (Å²) in [5, 5.41) is 4.00. The molecule has 2 aliphatic heterocycles. The van der Waals surface area contributed by atoms with Crippen molar-refractivity contribution in [3.05, 3.63) is 42.1 Å². The van der Waals surface area contributed by atoms with Gasteiger partial charge in [-0.1, -0.05) is 33.3 Å². The molecule has 0 radical (unpaired) electrons. The predicted molar refractivity (Wildman–Crippen MR) is 204 cm³/mol. The van der Waals surface area contributed by atoms with E-state index in [1.165, 1.54) is 0 Å². The van der Waals surface area contributed by atoms with Crippen LogP contribution in [0.3, 0.4) is 0 Å². The molecule has 1 aromatic carbocycles. The van der Waals surface area contributed by atoms with Crippen LogP contribution in [0.2, 0.25) is 0 Å². The summed E-state index contributed by atoms with van der Waals surface area (Å²) in [6.45, 7) is 8.14. The van der Waals surface area contributed by atoms with Gasteiger partial charge in [0, 0.05) is 25.0 Å². The van der Waals surface area contributed by atoms with E-state index >= 15 is 8.78 Å². The Morgan fingerprint density at radius 1 is 1.02 bits per heavy atom. The third kappa shape index (κ3) is 9.12. The van der Waals surface area contributed by atoms with Crippen molar-refractivity contribution in [3.8, 4) is 5.88 Å². The van der Waals surface area contributed by atoms with Crippen LogP contribution < -0.4 is 20.1 Å². The van der Waals surface area contributed by atoms with Gasteiger partial charge in [0.1, 0.15) is 29.8 Å². The van der Waals surface area contributed by atoms with Crippen molar-refractivity contribution >= 4 is 44.9 Å². The van der Waals surface area contributed by atoms with E-state index in [-0.39, 0.29) is 43.0 Å². The number of halogens is 6. The van der Waals surface area contributed by atoms with Gasteiger partial charge < -0.3 is 25.0 Å². The maximum absolute atomic E-state index is 16.3. The van der Waals surface area contributed by atoms with Crippen LogP contribution in [-0.2, 0) is 35.1 Å². The van der Waals surface area contributed by atoms with Gasteiger partial charge in [-0.05, 0) is 62.2 Å². The summed E-state index contributed by atoms with van der Waals surface area (Å²) >= 11 is 0. The first-order chi connectivity index (χ1) is 28.5. The Labute approximate surface area is 348 Å². The fourth-order valence-electron chi connectivity index (χ4n) is 8.67. The van der Waals surface area contributed by atoms with Crippen LogP contribution in [0.15, 0.2) is 24.8 Å². The van der Waals surface area contributed by atoms with Crippen LogP contribution in [0, 0.1) is 34.8 Å². The number of alkyl carbamates (subject to hydrolysis) is 1. The number of rotatable bonds is 7. The molecule has 3 N–H and O–H groups in total. The number of carbonyl (C=O) groups is 4. The van der Waals surface area contributed by atoms with Gasteiger partial charge >= 0.3 is 6.09 Å². The number of carbonyl (C=O) groups excluding carboxylic acids is 4. The number of ether oxygens (including phenoxy) is 2. The van der Waals surface area contributed by atoms with Crippen molar-refractivity contribution in [1.29, 1.82) is 0 Å². The molecule has 2 bridgehead atoms. The van der Waals surface area contributed by atoms with Crippen molar-refractivity contribution in [1.82, 2.24) is 30.2 Å². The zero-order chi connectivity index (χ0) is 44.4. The quantitative estimate of drug-likeness (QED) is 0.241. The van der Waals surface area contributed by atoms with E-state index in [2.05, 4.69) is 27.2 Å². The smallest absolute Gasteiger partial charge is 0.408 e. The first kappa shape index (κ1) is 44.4. The van der Waals surface area contributed by atoms with Crippen LogP contribution in [0.1, 0.15) is 90.7 Å². The van der Waals surface area contributed by atoms with E-state index in [1.54, 1.807) is 26.8 Å². The van der Waals surface area contributed by atoms with E-state index in [1.807, 2.05) is 4.72 Å². The first-order valence-electron chi connectivity index (χ1n) is 20.3. The highest BCUT2D eigenvalue weighted by molar-refractivity contribution is 7.91. The summed E-state index contributed by atoms with van der Waals surface area (Å²) in [7, 11) is -4.25. The van der Waals surface area contributed by atoms with Crippen LogP contribution in [0.5, 0.6) is 5.88 Å². The number of aromatic nitrogens is 2. The molecular formula is C40H48F6N6O8S. The highest BCUT2D eigenvalue weighted by atomic mass is 32.2. The fourth-order valence-corrected chi connectivity index (χ4v) is 10.0. The number of fused-ring (bicyclic) bond motifs is 5. The Hall–Kier alpha value is -4.69. The summed E-state index contributed by atoms with van der Waals surface area (Å²) in [5.41, 5.74) is -5.24. The molecular weight excluding hydrogens is 839 g/mol. The molecule has 7 rings (SSSR count). The zero-order valence-corrected chi connectivity index (χ0v) is 34.5. The second-order valence-corrected chi connectivity index (χ2v) is 19.9. The van der Waals surface area contributed by atoms with Gasteiger partial charge in [-0.2, -0.15) is 8.78 Å². The highest BCUT2D eigenvalue weighted by Crippen LogP contribution is 2.49. The van der Waals surface area contributed by atoms with Crippen molar-refractivity contribution in [3.63, 3.8) is 0 Å². The second kappa shape index (κ2) is 16.2. The molecule has 2 aromatic rings. The van der Waals surface area contributed by atoms with E-state index in [0.29, 0.717) is 31.4 Å². The number of nitrogens with zero attached hydrogens (tertiary/aromatic N) is 3. The van der Waals surface area contributed by atoms with Crippen LogP contribution in [0.4, 0.5) is 31.1 Å². The number of hydrogen-bond donors (Lipinski definition) is 3. The zero-order valence-electron chi connectivity index (χ0n) is 33.7. The molecule has 8 atom stereocenters. The number of allylic oxidation sites excluding steroid dienone is 1. The third-order valence-electron chi connectivity index (χ3n) is 12.4. The minimum Gasteiger partial charge on any atom is -0.471 e. The molecule has 5 aliphatic rings. The molecule has 334 valence electrons. The van der Waals surface area contributed by atoms with Gasteiger partial charge in [-0.3, -0.25) is 19.1 Å². The summed E-state index contributed by atoms with van der Waals surface area (Å²) in [6, 6.07) is -1.85. The molecule has 0 spiro atoms. The Balaban J connectivity index is 1.27. The number of sulfonamides is 1. The topological polar surface area (TPSA) is 186 Å². The van der Waals surface area contributed by atoms with Crippen molar-refractivity contribution in [2.45, 2.75) is 132 Å². The number of benzene rings is 1. The maximum atomic E-state index is 16.3. The minimum atomic E-state index is -4.25. The maximum Gasteiger partial charge on any atom is 0.408 e. The summed E-state index contributed by atoms with van der Waals surface area (Å²) in [5.74, 6) is -12.8. The third-order valence-corrected chi connectivity index (χ3v) is 14.2. The molecule has 4 fully saturated rings. The SMILES string of the molecule is C=C[C@@H]1C[C@H]2CCCCC(F)(F)c3nc4cc(F)c(F)cc4nc3O[C@@H]3C[C@@H](C(=O)N[C@]4(C(=O)NS(=O)(=O)C5CC5)C[C@H]4C(F)F)N(C3)C(=O)[C@H](C(C)(C)C)NC(=O)O[C@@H]2C1. The molecule has 1 saturated heterocycles. The molecule has 21 heteroatoms. The minimum absolute atomic E-state index is 0.0466. The number of alkyl halides is 4. The molecule has 61 heavy (non-hydrogen) atoms. The lowest BCUT2D eigenvalue weighted by molar-refractivity contribution is -0.143. The Kier molecular flexibility index (Phi) is 11.8. The summed E-state index contributed by atoms with van der Waals surface area (Å²) in [6.07, 6.45) is -4.34. The highest BCUT2D eigenvalue weighted by Gasteiger charge is 2.67. The lowest BCUT2D eigenvalue weighted by Gasteiger charge is -2.35. The van der Waals surface area contributed by atoms with Crippen molar-refractivity contribution in [2.24, 2.45) is 23.2 Å². The van der Waals surface area contributed by atoms with Gasteiger partial charge in [0.25, 0.3) is 11.8 Å². The van der Waals surface area contributed by atoms with Crippen molar-refractivity contribution < 1.29 is 63.4 Å². The Morgan fingerprint density at radius 3 is 2.30 bits per heavy atom. The van der Waals surface area contributed by atoms with E-state index in [4.69, 9.17) is 9.47 Å². The molecule has 3 saturated carbocycles. The lowest BCUT2D eigenvalue weighted by atomic mass is 9.85. The van der Waals surface area contributed by atoms with Crippen LogP contribution in [0.25, 0.3) is 11.0 Å². The Bertz CT molecular complexity index is 2220. The van der Waals surface area contributed by atoms with Gasteiger partial charge in [-0.15, -0.1) is 6.58 Å². The molecule has 14 nitrogen and oxygen atoms in total. The fraction of sp³-hybridized carbons (Fsp3) is 0.650. The lowest BCUT2D eigenvalue weighted by Crippen LogP contribution is -2.60. The van der Waals surface area contributed by atoms with E-state index < -0.39 is 147 Å². The van der Waals surface area contributed by atoms with Crippen LogP contribution >= 0.6 is 0 Å². The van der Waals surface area contributed by atoms with E-state index in [0.717, 1.165) is 4.90 Å². The summed E-state index contributed by atoms with van der Waals surface area (Å²) in [4.78, 5) is 65.0. The number of hydrogen-bond acceptors (Lipinski definition) is 10. The normalized spacial score (nSPS) is 30.9. The van der Waals surface area contributed by atoms with Crippen LogP contribution in [-0.4, -0.2) is 95.2 Å². The van der Waals surface area contributed by atoms with Gasteiger partial charge in [0.05, 0.1) is 28.7 Å². The van der Waals surface area contributed by atoms with Crippen molar-refractivity contribution in [2.75, 3.05) is 6.54 Å². The average molecular weight is 887 g/mol. The molecule has 3 heterocycles. The second-order valence-electron chi connectivity index (χ2n) is 18.0. The monoisotopic (exact) mass is 886 g/mol. The molecule has 4 amide bonds. The largest absolute Gasteiger partial charge is 0.471 e. The first-order valence-corrected chi connectivity index (χ1v) is 21.9. The average Bonchev–Trinajstić information content (AvgIpc) is 4.08. The Morgan fingerprint density at radius 2 is 1.69 bits per heavy atom. The van der Waals surface area contributed by atoms with Gasteiger partial charge in [0.2, 0.25) is 34.1 Å².